The van der Waals surface area contributed by atoms with Crippen molar-refractivity contribution in [2.24, 2.45) is 44.1 Å². The number of hydrogen-bond donors (Lipinski definition) is 3. The number of likely N-dealkylation sites (tertiary alicyclic amines) is 2. The highest BCUT2D eigenvalue weighted by Gasteiger charge is 2.39. The lowest BCUT2D eigenvalue weighted by atomic mass is 9.94. The number of ether oxygens (including phenoxy) is 2. The Balaban J connectivity index is 0.000000163. The van der Waals surface area contributed by atoms with Gasteiger partial charge in [-0.25, -0.2) is 34.6 Å². The molecule has 5 amide bonds. The molecule has 8 aliphatic heterocycles. The molecule has 4 atom stereocenters. The summed E-state index contributed by atoms with van der Waals surface area (Å²) in [5.74, 6) is -0.611. The quantitative estimate of drug-likeness (QED) is 0.122. The number of rotatable bonds is 9. The van der Waals surface area contributed by atoms with Gasteiger partial charge in [-0.15, -0.1) is 22.7 Å². The Hall–Kier alpha value is -8.72. The highest BCUT2D eigenvalue weighted by Crippen LogP contribution is 2.36. The molecule has 0 aliphatic carbocycles. The number of thiazole rings is 2. The highest BCUT2D eigenvalue weighted by atomic mass is 79.9. The number of carbonyl (C=O) groups excluding carboxylic acids is 5. The second kappa shape index (κ2) is 39.8. The molecule has 3 N–H and O–H groups in total. The molecule has 0 radical (unpaired) electrons. The van der Waals surface area contributed by atoms with Crippen molar-refractivity contribution in [1.82, 2.24) is 45.5 Å². The minimum atomic E-state index is -0.774. The Morgan fingerprint density at radius 2 is 0.845 bits per heavy atom. The van der Waals surface area contributed by atoms with Gasteiger partial charge in [0.15, 0.2) is 9.05 Å². The van der Waals surface area contributed by atoms with Gasteiger partial charge in [0.05, 0.1) is 30.1 Å². The maximum absolute atomic E-state index is 13.0. The van der Waals surface area contributed by atoms with E-state index in [0.29, 0.717) is 57.9 Å². The number of benzene rings is 4. The number of hydrogen-bond acceptors (Lipinski definition) is 19. The number of amides is 5. The molecule has 552 valence electrons. The summed E-state index contributed by atoms with van der Waals surface area (Å²) in [6, 6.07) is 41.2. The fourth-order valence-electron chi connectivity index (χ4n) is 12.8. The number of carboxylic acids is 1. The van der Waals surface area contributed by atoms with Gasteiger partial charge in [0, 0.05) is 131 Å². The van der Waals surface area contributed by atoms with E-state index in [2.05, 4.69) is 110 Å². The third-order valence-corrected chi connectivity index (χ3v) is 20.4. The minimum Gasteiger partial charge on any atom is -0.481 e. The van der Waals surface area contributed by atoms with Crippen LogP contribution in [0.2, 0.25) is 0 Å². The van der Waals surface area contributed by atoms with E-state index in [9.17, 15) is 28.8 Å². The van der Waals surface area contributed by atoms with Crippen LogP contribution in [0.25, 0.3) is 0 Å². The van der Waals surface area contributed by atoms with Crippen molar-refractivity contribution < 1.29 is 43.3 Å². The van der Waals surface area contributed by atoms with E-state index in [0.717, 1.165) is 97.7 Å². The van der Waals surface area contributed by atoms with Crippen LogP contribution in [0, 0.1) is 23.7 Å². The smallest absolute Gasteiger partial charge is 0.410 e. The second-order valence-corrected chi connectivity index (χ2v) is 30.8. The molecule has 6 aromatic rings. The Morgan fingerprint density at radius 3 is 1.17 bits per heavy atom. The van der Waals surface area contributed by atoms with Crippen molar-refractivity contribution in [2.75, 3.05) is 57.3 Å². The Labute approximate surface area is 623 Å². The molecule has 0 bridgehead atoms. The number of halogens is 1. The summed E-state index contributed by atoms with van der Waals surface area (Å²) in [7, 11) is 0. The summed E-state index contributed by atoms with van der Waals surface area (Å²) in [5.41, 5.74) is 6.78. The normalized spacial score (nSPS) is 20.4. The number of anilines is 1. The van der Waals surface area contributed by atoms with Crippen LogP contribution in [-0.4, -0.2) is 164 Å². The molecule has 10 heterocycles. The van der Waals surface area contributed by atoms with E-state index in [1.807, 2.05) is 156 Å². The van der Waals surface area contributed by atoms with E-state index >= 15 is 0 Å². The third-order valence-electron chi connectivity index (χ3n) is 18.2. The molecule has 2 aromatic heterocycles. The zero-order valence-corrected chi connectivity index (χ0v) is 62.4. The van der Waals surface area contributed by atoms with Gasteiger partial charge >= 0.3 is 18.2 Å². The first-order valence-electron chi connectivity index (χ1n) is 35.3. The fourth-order valence-corrected chi connectivity index (χ4v) is 14.3. The van der Waals surface area contributed by atoms with Gasteiger partial charge < -0.3 is 40.0 Å². The number of aromatic nitrogens is 2. The maximum Gasteiger partial charge on any atom is 0.410 e. The van der Waals surface area contributed by atoms with Crippen LogP contribution in [-0.2, 0) is 28.7 Å². The number of aliphatic carboxylic acids is 1. The zero-order chi connectivity index (χ0) is 72.4. The van der Waals surface area contributed by atoms with Gasteiger partial charge in [-0.05, 0) is 144 Å². The van der Waals surface area contributed by atoms with Crippen molar-refractivity contribution in [1.29, 1.82) is 0 Å². The molecule has 103 heavy (non-hydrogen) atoms. The summed E-state index contributed by atoms with van der Waals surface area (Å²) in [5, 5.41) is 39.1. The third kappa shape index (κ3) is 24.5. The molecule has 23 nitrogen and oxygen atoms in total. The monoisotopic (exact) mass is 1510 g/mol. The van der Waals surface area contributed by atoms with Crippen molar-refractivity contribution >= 4 is 104 Å². The van der Waals surface area contributed by atoms with E-state index in [-0.39, 0.29) is 79.1 Å². The standard InChI is InChI=1S/C20H27N3O3.C18H20N4OS.C15H19N3O.C11H19NO4.C9H10N2.C3H2BrNS.CH4/c1-20(2,3)26-19(25)22-13-10-16(11-14-22)18(24)23-17(9-12-21-23)15-7-5-4-6-8-15;23-17(15-7-11-21(12-8-15)18-19-10-13-24-18)22-16(6-9-20-22)14-4-2-1-3-5-14;19-15(13-6-9-16-10-7-13)18-14(8-11-17-18)12-4-2-1-3-5-12;1-11(2,3)16-10(15)12-6-4-8(5-7-12)9(13)14;1-2-4-8(5-3-1)9-6-7-10-11-9;4-3-5-1-2-6-3;/h4-8,12,16-17H,9-11,13-14H2,1-3H3;1-5,9-10,13,15-16H,6-8,11-12H2;1-5,11,13-14,16H,6-10H2;8H,4-7H2,1-3H3,(H,13,14);1-5,7,9,11H,6H2;1-2H;1H4. The molecule has 0 spiro atoms. The molecule has 4 unspecified atom stereocenters. The molecule has 8 aliphatic rings. The van der Waals surface area contributed by atoms with E-state index < -0.39 is 17.2 Å². The zero-order valence-electron chi connectivity index (χ0n) is 59.2. The second-order valence-electron chi connectivity index (χ2n) is 27.8. The Morgan fingerprint density at radius 1 is 0.476 bits per heavy atom. The molecule has 26 heteroatoms. The molecule has 4 saturated heterocycles. The van der Waals surface area contributed by atoms with Gasteiger partial charge in [0.2, 0.25) is 17.7 Å². The van der Waals surface area contributed by atoms with Crippen molar-refractivity contribution in [2.45, 2.75) is 161 Å². The molecule has 4 fully saturated rings. The lowest BCUT2D eigenvalue weighted by Gasteiger charge is -2.34. The summed E-state index contributed by atoms with van der Waals surface area (Å²) >= 11 is 6.43. The van der Waals surface area contributed by atoms with Crippen LogP contribution >= 0.6 is 38.6 Å². The number of nitrogens with zero attached hydrogens (tertiary/aromatic N) is 12. The molecule has 14 rings (SSSR count). The predicted molar refractivity (Wildman–Crippen MR) is 411 cm³/mol. The number of carboxylic acid groups (broad SMARTS) is 1. The average Bonchev–Trinajstić information content (AvgIpc) is 1.68. The Kier molecular flexibility index (Phi) is 30.9. The van der Waals surface area contributed by atoms with Crippen molar-refractivity contribution in [3.05, 3.63) is 171 Å². The lowest BCUT2D eigenvalue weighted by molar-refractivity contribution is -0.143. The molecular formula is C77H101BrN14O9S2. The SMILES string of the molecule is Brc1nccs1.C.C1=NNC(c2ccccc2)C1.CC(C)(C)OC(=O)N1CCC(C(=O)N2N=CCC2c2ccccc2)CC1.CC(C)(C)OC(=O)N1CCC(C(=O)O)CC1.O=C(C1CCN(c2nccs2)CC1)N1N=CCC1c1ccccc1.O=C(C1CCNCC1)N1N=CCC1c1ccccc1. The summed E-state index contributed by atoms with van der Waals surface area (Å²) in [6.07, 6.45) is 19.6. The van der Waals surface area contributed by atoms with E-state index in [1.54, 1.807) is 53.7 Å². The van der Waals surface area contributed by atoms with Gasteiger partial charge in [-0.1, -0.05) is 129 Å². The van der Waals surface area contributed by atoms with Gasteiger partial charge in [-0.3, -0.25) is 19.2 Å². The van der Waals surface area contributed by atoms with E-state index in [1.165, 1.54) is 11.1 Å². The molecule has 0 saturated carbocycles. The van der Waals surface area contributed by atoms with Crippen LogP contribution in [0.15, 0.2) is 169 Å². The summed E-state index contributed by atoms with van der Waals surface area (Å²) < 4.78 is 11.6. The maximum atomic E-state index is 13.0. The number of carbonyl (C=O) groups is 6. The molecular weight excluding hydrogens is 1410 g/mol. The lowest BCUT2D eigenvalue weighted by Crippen LogP contribution is -2.45. The molecule has 4 aromatic carbocycles. The van der Waals surface area contributed by atoms with Crippen LogP contribution < -0.4 is 15.6 Å². The number of hydrazone groups is 4. The van der Waals surface area contributed by atoms with Crippen LogP contribution in [0.1, 0.15) is 172 Å². The minimum absolute atomic E-state index is 0. The predicted octanol–water partition coefficient (Wildman–Crippen LogP) is 14.8. The first-order valence-corrected chi connectivity index (χ1v) is 37.9. The van der Waals surface area contributed by atoms with E-state index in [4.69, 9.17) is 14.6 Å². The first-order chi connectivity index (χ1) is 49.2. The van der Waals surface area contributed by atoms with Gasteiger partial charge in [0.1, 0.15) is 11.2 Å². The highest BCUT2D eigenvalue weighted by molar-refractivity contribution is 9.11. The van der Waals surface area contributed by atoms with Crippen molar-refractivity contribution in [3.63, 3.8) is 0 Å². The van der Waals surface area contributed by atoms with Crippen molar-refractivity contribution in [3.8, 4) is 0 Å². The topological polar surface area (TPSA) is 260 Å². The fraction of sp³-hybridized carbons (Fsp3) is 0.481. The van der Waals surface area contributed by atoms with Crippen LogP contribution in [0.5, 0.6) is 0 Å². The first kappa shape index (κ1) is 80.0. The number of piperidine rings is 4. The van der Waals surface area contributed by atoms with Gasteiger partial charge in [-0.2, -0.15) is 20.4 Å². The average molecular weight is 1510 g/mol. The largest absolute Gasteiger partial charge is 0.481 e. The summed E-state index contributed by atoms with van der Waals surface area (Å²) in [6.45, 7) is 16.7. The Bertz CT molecular complexity index is 3680. The van der Waals surface area contributed by atoms with Crippen LogP contribution in [0.4, 0.5) is 14.7 Å². The van der Waals surface area contributed by atoms with Crippen LogP contribution in [0.3, 0.4) is 0 Å². The number of nitrogens with one attached hydrogen (secondary N) is 2. The van der Waals surface area contributed by atoms with Gasteiger partial charge in [0.25, 0.3) is 0 Å². The summed E-state index contributed by atoms with van der Waals surface area (Å²) in [4.78, 5) is 86.8.